The van der Waals surface area contributed by atoms with Gasteiger partial charge in [-0.15, -0.1) is 0 Å². The van der Waals surface area contributed by atoms with Gasteiger partial charge < -0.3 is 15.0 Å². The van der Waals surface area contributed by atoms with Crippen LogP contribution in [0.2, 0.25) is 0 Å². The van der Waals surface area contributed by atoms with E-state index in [4.69, 9.17) is 4.74 Å². The van der Waals surface area contributed by atoms with Crippen molar-refractivity contribution in [2.24, 2.45) is 0 Å². The molecule has 0 bridgehead atoms. The average Bonchev–Trinajstić information content (AvgIpc) is 2.90. The van der Waals surface area contributed by atoms with E-state index in [0.717, 1.165) is 21.0 Å². The van der Waals surface area contributed by atoms with E-state index in [-0.39, 0.29) is 23.0 Å². The number of likely N-dealkylation sites (N-methyl/N-ethyl adjacent to an activating group) is 1. The minimum absolute atomic E-state index is 0.0542. The van der Waals surface area contributed by atoms with Crippen molar-refractivity contribution in [1.29, 1.82) is 0 Å². The van der Waals surface area contributed by atoms with Crippen LogP contribution in [0.15, 0.2) is 77.7 Å². The summed E-state index contributed by atoms with van der Waals surface area (Å²) < 4.78 is 34.0. The molecule has 196 valence electrons. The summed E-state index contributed by atoms with van der Waals surface area (Å²) in [5, 5.41) is 2.58. The zero-order chi connectivity index (χ0) is 27.2. The molecule has 0 unspecified atom stereocenters. The molecule has 3 aromatic rings. The molecule has 2 amide bonds. The average molecular weight is 524 g/mol. The third kappa shape index (κ3) is 6.48. The Morgan fingerprint density at radius 3 is 2.27 bits per heavy atom. The number of rotatable bonds is 10. The lowest BCUT2D eigenvalue weighted by Gasteiger charge is -2.32. The van der Waals surface area contributed by atoms with Crippen LogP contribution in [-0.4, -0.2) is 51.9 Å². The number of ether oxygens (including phenoxy) is 1. The molecule has 1 N–H and O–H groups in total. The van der Waals surface area contributed by atoms with Gasteiger partial charge in [-0.3, -0.25) is 13.9 Å². The number of carbonyl (C=O) groups excluding carboxylic acids is 2. The van der Waals surface area contributed by atoms with Gasteiger partial charge in [-0.05, 0) is 56.2 Å². The van der Waals surface area contributed by atoms with E-state index in [1.807, 2.05) is 38.1 Å². The summed E-state index contributed by atoms with van der Waals surface area (Å²) in [6, 6.07) is 19.7. The molecule has 9 heteroatoms. The molecule has 37 heavy (non-hydrogen) atoms. The lowest BCUT2D eigenvalue weighted by atomic mass is 10.1. The predicted octanol–water partition coefficient (Wildman–Crippen LogP) is 3.67. The maximum Gasteiger partial charge on any atom is 0.264 e. The summed E-state index contributed by atoms with van der Waals surface area (Å²) in [6.07, 6.45) is 0. The number of hydrogen-bond donors (Lipinski definition) is 1. The zero-order valence-corrected chi connectivity index (χ0v) is 22.6. The Morgan fingerprint density at radius 2 is 1.65 bits per heavy atom. The van der Waals surface area contributed by atoms with E-state index in [1.54, 1.807) is 43.3 Å². The van der Waals surface area contributed by atoms with Gasteiger partial charge in [0.2, 0.25) is 11.8 Å². The number of methoxy groups -OCH3 is 1. The van der Waals surface area contributed by atoms with Crippen molar-refractivity contribution < 1.29 is 22.7 Å². The van der Waals surface area contributed by atoms with Gasteiger partial charge in [-0.2, -0.15) is 0 Å². The SMILES string of the molecule is CNC(=O)[C@@H](C)N(Cc1ccccc1C)C(=O)CN(c1cccc(OC)c1)S(=O)(=O)c1ccc(C)cc1. The number of sulfonamides is 1. The Morgan fingerprint density at radius 1 is 0.973 bits per heavy atom. The van der Waals surface area contributed by atoms with Crippen molar-refractivity contribution in [2.45, 2.75) is 38.3 Å². The first-order valence-electron chi connectivity index (χ1n) is 11.9. The van der Waals surface area contributed by atoms with Crippen molar-refractivity contribution >= 4 is 27.5 Å². The molecule has 0 fully saturated rings. The Hall–Kier alpha value is -3.85. The minimum atomic E-state index is -4.13. The topological polar surface area (TPSA) is 96.0 Å². The van der Waals surface area contributed by atoms with Gasteiger partial charge in [-0.25, -0.2) is 8.42 Å². The van der Waals surface area contributed by atoms with E-state index in [0.29, 0.717) is 5.75 Å². The number of aryl methyl sites for hydroxylation is 2. The quantitative estimate of drug-likeness (QED) is 0.438. The number of nitrogens with one attached hydrogen (secondary N) is 1. The summed E-state index contributed by atoms with van der Waals surface area (Å²) >= 11 is 0. The van der Waals surface area contributed by atoms with Crippen LogP contribution in [0.25, 0.3) is 0 Å². The van der Waals surface area contributed by atoms with Crippen LogP contribution in [0.5, 0.6) is 5.75 Å². The number of nitrogens with zero attached hydrogens (tertiary/aromatic N) is 2. The summed E-state index contributed by atoms with van der Waals surface area (Å²) in [7, 11) is -1.14. The molecular weight excluding hydrogens is 490 g/mol. The molecule has 0 aromatic heterocycles. The van der Waals surface area contributed by atoms with Gasteiger partial charge in [0.1, 0.15) is 18.3 Å². The molecule has 0 heterocycles. The molecule has 0 aliphatic carbocycles. The predicted molar refractivity (Wildman–Crippen MR) is 144 cm³/mol. The van der Waals surface area contributed by atoms with Gasteiger partial charge in [0.15, 0.2) is 0 Å². The fraction of sp³-hybridized carbons (Fsp3) is 0.286. The van der Waals surface area contributed by atoms with Crippen LogP contribution < -0.4 is 14.4 Å². The molecule has 1 atom stereocenters. The maximum atomic E-state index is 13.8. The lowest BCUT2D eigenvalue weighted by Crippen LogP contribution is -2.50. The molecule has 0 saturated heterocycles. The van der Waals surface area contributed by atoms with Gasteiger partial charge in [-0.1, -0.05) is 48.0 Å². The smallest absolute Gasteiger partial charge is 0.264 e. The summed E-state index contributed by atoms with van der Waals surface area (Å²) in [4.78, 5) is 27.8. The molecule has 3 aromatic carbocycles. The van der Waals surface area contributed by atoms with E-state index in [1.165, 1.54) is 31.2 Å². The number of anilines is 1. The Bertz CT molecular complexity index is 1360. The molecule has 8 nitrogen and oxygen atoms in total. The van der Waals surface area contributed by atoms with Gasteiger partial charge in [0, 0.05) is 19.7 Å². The highest BCUT2D eigenvalue weighted by atomic mass is 32.2. The highest BCUT2D eigenvalue weighted by Crippen LogP contribution is 2.28. The Labute approximate surface area is 218 Å². The number of benzene rings is 3. The summed E-state index contributed by atoms with van der Waals surface area (Å²) in [5.74, 6) is -0.418. The van der Waals surface area contributed by atoms with Gasteiger partial charge in [0.25, 0.3) is 10.0 Å². The molecule has 0 aliphatic heterocycles. The highest BCUT2D eigenvalue weighted by molar-refractivity contribution is 7.92. The van der Waals surface area contributed by atoms with Crippen molar-refractivity contribution in [3.63, 3.8) is 0 Å². The summed E-state index contributed by atoms with van der Waals surface area (Å²) in [6.45, 7) is 5.06. The van der Waals surface area contributed by atoms with Crippen molar-refractivity contribution in [1.82, 2.24) is 10.2 Å². The fourth-order valence-corrected chi connectivity index (χ4v) is 5.30. The second kappa shape index (κ2) is 11.9. The second-order valence-corrected chi connectivity index (χ2v) is 10.6. The second-order valence-electron chi connectivity index (χ2n) is 8.76. The highest BCUT2D eigenvalue weighted by Gasteiger charge is 2.32. The largest absolute Gasteiger partial charge is 0.497 e. The summed E-state index contributed by atoms with van der Waals surface area (Å²) in [5.41, 5.74) is 3.01. The first kappa shape index (κ1) is 27.7. The Kier molecular flexibility index (Phi) is 8.94. The minimum Gasteiger partial charge on any atom is -0.497 e. The third-order valence-corrected chi connectivity index (χ3v) is 8.03. The molecular formula is C28H33N3O5S. The maximum absolute atomic E-state index is 13.8. The van der Waals surface area contributed by atoms with Crippen molar-refractivity contribution in [2.75, 3.05) is 25.0 Å². The molecule has 0 aliphatic rings. The molecule has 0 saturated carbocycles. The number of hydrogen-bond acceptors (Lipinski definition) is 5. The first-order chi connectivity index (χ1) is 17.6. The van der Waals surface area contributed by atoms with Crippen LogP contribution in [0, 0.1) is 13.8 Å². The third-order valence-electron chi connectivity index (χ3n) is 6.24. The van der Waals surface area contributed by atoms with Crippen molar-refractivity contribution in [3.8, 4) is 5.75 Å². The van der Waals surface area contributed by atoms with Crippen LogP contribution in [0.3, 0.4) is 0 Å². The van der Waals surface area contributed by atoms with Crippen LogP contribution >= 0.6 is 0 Å². The van der Waals surface area contributed by atoms with Crippen molar-refractivity contribution in [3.05, 3.63) is 89.5 Å². The van der Waals surface area contributed by atoms with Gasteiger partial charge in [0.05, 0.1) is 17.7 Å². The standard InChI is InChI=1S/C28H33N3O5S/c1-20-13-15-26(16-14-20)37(34,35)31(24-11-8-12-25(17-24)36-5)19-27(32)30(22(3)28(33)29-4)18-23-10-7-6-9-21(23)2/h6-17,22H,18-19H2,1-5H3,(H,29,33)/t22-/m1/s1. The van der Waals surface area contributed by atoms with E-state index in [2.05, 4.69) is 5.32 Å². The van der Waals surface area contributed by atoms with E-state index < -0.39 is 28.5 Å². The number of amides is 2. The molecule has 0 radical (unpaired) electrons. The molecule has 3 rings (SSSR count). The fourth-order valence-electron chi connectivity index (χ4n) is 3.89. The van der Waals surface area contributed by atoms with Crippen LogP contribution in [0.1, 0.15) is 23.6 Å². The van der Waals surface area contributed by atoms with E-state index in [9.17, 15) is 18.0 Å². The number of carbonyl (C=O) groups is 2. The Balaban J connectivity index is 2.06. The van der Waals surface area contributed by atoms with Gasteiger partial charge >= 0.3 is 0 Å². The first-order valence-corrected chi connectivity index (χ1v) is 13.3. The molecule has 0 spiro atoms. The van der Waals surface area contributed by atoms with Crippen LogP contribution in [-0.2, 0) is 26.2 Å². The normalized spacial score (nSPS) is 11.9. The monoisotopic (exact) mass is 523 g/mol. The van der Waals surface area contributed by atoms with E-state index >= 15 is 0 Å². The lowest BCUT2D eigenvalue weighted by molar-refractivity contribution is -0.139. The van der Waals surface area contributed by atoms with Crippen LogP contribution in [0.4, 0.5) is 5.69 Å². The zero-order valence-electron chi connectivity index (χ0n) is 21.8.